The van der Waals surface area contributed by atoms with Crippen LogP contribution in [-0.4, -0.2) is 13.1 Å². The van der Waals surface area contributed by atoms with Gasteiger partial charge in [-0.2, -0.15) is 13.2 Å². The molecule has 1 aromatic carbocycles. The standard InChI is InChI=1S/C10H8F4O2/c1-16-8(15)5-6-3-2-4-7(9(6)11)10(12,13)14/h2-4H,5H2,1H3. The average Bonchev–Trinajstić information content (AvgIpc) is 2.19. The Morgan fingerprint density at radius 2 is 2.00 bits per heavy atom. The lowest BCUT2D eigenvalue weighted by molar-refractivity contribution is -0.142. The highest BCUT2D eigenvalue weighted by atomic mass is 19.4. The second kappa shape index (κ2) is 4.51. The predicted octanol–water partition coefficient (Wildman–Crippen LogP) is 2.56. The van der Waals surface area contributed by atoms with Crippen molar-refractivity contribution in [3.8, 4) is 0 Å². The van der Waals surface area contributed by atoms with E-state index in [0.717, 1.165) is 19.2 Å². The molecule has 0 aliphatic carbocycles. The van der Waals surface area contributed by atoms with Crippen molar-refractivity contribution in [3.05, 3.63) is 35.1 Å². The van der Waals surface area contributed by atoms with Crippen LogP contribution in [0.3, 0.4) is 0 Å². The van der Waals surface area contributed by atoms with E-state index in [9.17, 15) is 22.4 Å². The minimum absolute atomic E-state index is 0.332. The van der Waals surface area contributed by atoms with E-state index in [2.05, 4.69) is 4.74 Å². The molecule has 16 heavy (non-hydrogen) atoms. The van der Waals surface area contributed by atoms with Crippen molar-refractivity contribution in [2.45, 2.75) is 12.6 Å². The summed E-state index contributed by atoms with van der Waals surface area (Å²) in [5, 5.41) is 0. The van der Waals surface area contributed by atoms with Gasteiger partial charge >= 0.3 is 12.1 Å². The fourth-order valence-electron chi connectivity index (χ4n) is 1.16. The normalized spacial score (nSPS) is 11.3. The number of hydrogen-bond acceptors (Lipinski definition) is 2. The van der Waals surface area contributed by atoms with Crippen LogP contribution in [0, 0.1) is 5.82 Å². The molecule has 1 rings (SSSR count). The largest absolute Gasteiger partial charge is 0.469 e. The van der Waals surface area contributed by atoms with E-state index in [1.807, 2.05) is 0 Å². The highest BCUT2D eigenvalue weighted by Crippen LogP contribution is 2.32. The van der Waals surface area contributed by atoms with Gasteiger partial charge in [-0.25, -0.2) is 4.39 Å². The zero-order chi connectivity index (χ0) is 12.3. The molecule has 0 saturated heterocycles. The van der Waals surface area contributed by atoms with Gasteiger partial charge in [0.15, 0.2) is 0 Å². The van der Waals surface area contributed by atoms with Gasteiger partial charge in [0.1, 0.15) is 5.82 Å². The summed E-state index contributed by atoms with van der Waals surface area (Å²) < 4.78 is 54.5. The molecule has 0 aromatic heterocycles. The van der Waals surface area contributed by atoms with Crippen molar-refractivity contribution in [2.24, 2.45) is 0 Å². The van der Waals surface area contributed by atoms with E-state index < -0.39 is 29.9 Å². The summed E-state index contributed by atoms with van der Waals surface area (Å²) in [5.74, 6) is -2.22. The molecular formula is C10H8F4O2. The second-order valence-corrected chi connectivity index (χ2v) is 3.03. The maximum absolute atomic E-state index is 13.3. The molecule has 0 aliphatic rings. The molecule has 1 aromatic rings. The van der Waals surface area contributed by atoms with Crippen LogP contribution < -0.4 is 0 Å². The van der Waals surface area contributed by atoms with Crippen molar-refractivity contribution in [1.82, 2.24) is 0 Å². The van der Waals surface area contributed by atoms with Gasteiger partial charge in [-0.05, 0) is 11.6 Å². The zero-order valence-corrected chi connectivity index (χ0v) is 8.27. The number of esters is 1. The number of hydrogen-bond donors (Lipinski definition) is 0. The van der Waals surface area contributed by atoms with E-state index in [0.29, 0.717) is 6.07 Å². The van der Waals surface area contributed by atoms with Gasteiger partial charge in [0.05, 0.1) is 19.1 Å². The minimum atomic E-state index is -4.77. The Morgan fingerprint density at radius 3 is 2.50 bits per heavy atom. The van der Waals surface area contributed by atoms with E-state index >= 15 is 0 Å². The summed E-state index contributed by atoms with van der Waals surface area (Å²) in [7, 11) is 1.08. The topological polar surface area (TPSA) is 26.3 Å². The molecule has 2 nitrogen and oxygen atoms in total. The third-order valence-corrected chi connectivity index (χ3v) is 1.95. The molecule has 0 fully saturated rings. The fraction of sp³-hybridized carbons (Fsp3) is 0.300. The quantitative estimate of drug-likeness (QED) is 0.582. The van der Waals surface area contributed by atoms with Crippen LogP contribution in [0.15, 0.2) is 18.2 Å². The number of benzene rings is 1. The molecule has 0 aliphatic heterocycles. The molecular weight excluding hydrogens is 228 g/mol. The number of carbonyl (C=O) groups excluding carboxylic acids is 1. The van der Waals surface area contributed by atoms with Gasteiger partial charge in [0.2, 0.25) is 0 Å². The molecule has 0 saturated carbocycles. The van der Waals surface area contributed by atoms with Crippen LogP contribution in [-0.2, 0) is 22.1 Å². The average molecular weight is 236 g/mol. The summed E-state index contributed by atoms with van der Waals surface area (Å²) in [6.07, 6.45) is -5.29. The van der Waals surface area contributed by atoms with Gasteiger partial charge in [-0.1, -0.05) is 12.1 Å². The molecule has 0 heterocycles. The molecule has 0 unspecified atom stereocenters. The third kappa shape index (κ3) is 2.71. The molecule has 0 atom stereocenters. The zero-order valence-electron chi connectivity index (χ0n) is 8.27. The number of halogens is 4. The third-order valence-electron chi connectivity index (χ3n) is 1.95. The van der Waals surface area contributed by atoms with Crippen LogP contribution >= 0.6 is 0 Å². The van der Waals surface area contributed by atoms with Crippen LogP contribution in [0.2, 0.25) is 0 Å². The summed E-state index contributed by atoms with van der Waals surface area (Å²) in [5.41, 5.74) is -1.71. The van der Waals surface area contributed by atoms with Gasteiger partial charge in [0, 0.05) is 0 Å². The molecule has 0 spiro atoms. The van der Waals surface area contributed by atoms with E-state index in [4.69, 9.17) is 0 Å². The minimum Gasteiger partial charge on any atom is -0.469 e. The highest BCUT2D eigenvalue weighted by Gasteiger charge is 2.34. The lowest BCUT2D eigenvalue weighted by Gasteiger charge is -2.10. The second-order valence-electron chi connectivity index (χ2n) is 3.03. The summed E-state index contributed by atoms with van der Waals surface area (Å²) in [6.45, 7) is 0. The van der Waals surface area contributed by atoms with Crippen LogP contribution in [0.25, 0.3) is 0 Å². The van der Waals surface area contributed by atoms with Crippen LogP contribution in [0.5, 0.6) is 0 Å². The molecule has 0 amide bonds. The van der Waals surface area contributed by atoms with Gasteiger partial charge in [-0.3, -0.25) is 4.79 Å². The number of methoxy groups -OCH3 is 1. The van der Waals surface area contributed by atoms with Gasteiger partial charge in [-0.15, -0.1) is 0 Å². The highest BCUT2D eigenvalue weighted by molar-refractivity contribution is 5.72. The Labute approximate surface area is 88.8 Å². The van der Waals surface area contributed by atoms with Crippen molar-refractivity contribution in [2.75, 3.05) is 7.11 Å². The smallest absolute Gasteiger partial charge is 0.419 e. The van der Waals surface area contributed by atoms with E-state index in [-0.39, 0.29) is 5.56 Å². The van der Waals surface area contributed by atoms with Gasteiger partial charge in [0.25, 0.3) is 0 Å². The van der Waals surface area contributed by atoms with Crippen LogP contribution in [0.1, 0.15) is 11.1 Å². The molecule has 0 bridgehead atoms. The molecule has 0 radical (unpaired) electrons. The van der Waals surface area contributed by atoms with Crippen molar-refractivity contribution >= 4 is 5.97 Å². The Kier molecular flexibility index (Phi) is 3.51. The number of alkyl halides is 3. The van der Waals surface area contributed by atoms with E-state index in [1.165, 1.54) is 0 Å². The molecule has 88 valence electrons. The first-order chi connectivity index (χ1) is 7.36. The predicted molar refractivity (Wildman–Crippen MR) is 47.1 cm³/mol. The first-order valence-electron chi connectivity index (χ1n) is 4.27. The summed E-state index contributed by atoms with van der Waals surface area (Å²) in [6, 6.07) is 2.78. The Morgan fingerprint density at radius 1 is 1.38 bits per heavy atom. The maximum atomic E-state index is 13.3. The van der Waals surface area contributed by atoms with Crippen LogP contribution in [0.4, 0.5) is 17.6 Å². The SMILES string of the molecule is COC(=O)Cc1cccc(C(F)(F)F)c1F. The lowest BCUT2D eigenvalue weighted by atomic mass is 10.1. The fourth-order valence-corrected chi connectivity index (χ4v) is 1.16. The monoisotopic (exact) mass is 236 g/mol. The molecule has 6 heteroatoms. The first-order valence-corrected chi connectivity index (χ1v) is 4.27. The van der Waals surface area contributed by atoms with E-state index in [1.54, 1.807) is 0 Å². The number of carbonyl (C=O) groups is 1. The Hall–Kier alpha value is -1.59. The Bertz CT molecular complexity index is 398. The lowest BCUT2D eigenvalue weighted by Crippen LogP contribution is -2.12. The van der Waals surface area contributed by atoms with Crippen molar-refractivity contribution in [3.63, 3.8) is 0 Å². The summed E-state index contributed by atoms with van der Waals surface area (Å²) >= 11 is 0. The maximum Gasteiger partial charge on any atom is 0.419 e. The van der Waals surface area contributed by atoms with Gasteiger partial charge < -0.3 is 4.74 Å². The van der Waals surface area contributed by atoms with Crippen molar-refractivity contribution < 1.29 is 27.1 Å². The number of rotatable bonds is 2. The molecule has 0 N–H and O–H groups in total. The first kappa shape index (κ1) is 12.5. The Balaban J connectivity index is 3.09. The summed E-state index contributed by atoms with van der Waals surface area (Å²) in [4.78, 5) is 10.8. The number of ether oxygens (including phenoxy) is 1. The van der Waals surface area contributed by atoms with Crippen molar-refractivity contribution in [1.29, 1.82) is 0 Å².